The van der Waals surface area contributed by atoms with Gasteiger partial charge >= 0.3 is 0 Å². The van der Waals surface area contributed by atoms with Gasteiger partial charge in [0, 0.05) is 23.8 Å². The van der Waals surface area contributed by atoms with Gasteiger partial charge in [0.1, 0.15) is 11.6 Å². The maximum absolute atomic E-state index is 14.2. The number of pyridine rings is 1. The average molecular weight is 392 g/mol. The molecule has 3 aromatic rings. The second-order valence-corrected chi connectivity index (χ2v) is 8.43. The Kier molecular flexibility index (Phi) is 3.34. The molecule has 2 aliphatic heterocycles. The van der Waals surface area contributed by atoms with E-state index in [2.05, 4.69) is 20.2 Å². The Hall–Kier alpha value is -3.03. The van der Waals surface area contributed by atoms with Gasteiger partial charge < -0.3 is 10.2 Å². The number of halogens is 1. The van der Waals surface area contributed by atoms with Crippen LogP contribution in [0.4, 0.5) is 10.2 Å². The van der Waals surface area contributed by atoms with Gasteiger partial charge in [0.15, 0.2) is 11.3 Å². The van der Waals surface area contributed by atoms with Crippen molar-refractivity contribution >= 4 is 17.4 Å². The number of amides is 1. The SMILES string of the molecule is C[C@@H]1CCc2ncc(F)cc2[C@@]23C[C@@H]2CCN3c2ccc3ncc(n3n2)C(=O)N1. The van der Waals surface area contributed by atoms with Crippen molar-refractivity contribution < 1.29 is 9.18 Å². The minimum Gasteiger partial charge on any atom is -0.348 e. The zero-order valence-corrected chi connectivity index (χ0v) is 16.1. The van der Waals surface area contributed by atoms with E-state index in [0.29, 0.717) is 23.7 Å². The van der Waals surface area contributed by atoms with Crippen molar-refractivity contribution in [3.8, 4) is 0 Å². The van der Waals surface area contributed by atoms with Crippen molar-refractivity contribution in [1.82, 2.24) is 24.9 Å². The first-order valence-corrected chi connectivity index (χ1v) is 10.1. The highest BCUT2D eigenvalue weighted by Gasteiger charge is 2.64. The Morgan fingerprint density at radius 2 is 2.14 bits per heavy atom. The normalized spacial score (nSPS) is 28.1. The Labute approximate surface area is 167 Å². The average Bonchev–Trinajstić information content (AvgIpc) is 3.09. The first kappa shape index (κ1) is 16.9. The summed E-state index contributed by atoms with van der Waals surface area (Å²) in [5, 5.41) is 7.80. The third-order valence-corrected chi connectivity index (χ3v) is 6.71. The number of piperidine rings is 1. The molecular formula is C21H21FN6O. The van der Waals surface area contributed by atoms with Crippen LogP contribution in [0.15, 0.2) is 30.6 Å². The molecule has 3 aliphatic rings. The summed E-state index contributed by atoms with van der Waals surface area (Å²) in [6.45, 7) is 2.83. The van der Waals surface area contributed by atoms with Crippen LogP contribution >= 0.6 is 0 Å². The van der Waals surface area contributed by atoms with Gasteiger partial charge in [-0.15, -0.1) is 5.10 Å². The monoisotopic (exact) mass is 392 g/mol. The number of imidazole rings is 1. The van der Waals surface area contributed by atoms with E-state index in [1.54, 1.807) is 16.8 Å². The fourth-order valence-electron chi connectivity index (χ4n) is 5.19. The number of nitrogens with zero attached hydrogens (tertiary/aromatic N) is 5. The molecule has 7 nitrogen and oxygen atoms in total. The highest BCUT2D eigenvalue weighted by molar-refractivity contribution is 5.93. The largest absolute Gasteiger partial charge is 0.348 e. The summed E-state index contributed by atoms with van der Waals surface area (Å²) in [7, 11) is 0. The number of nitrogens with one attached hydrogen (secondary N) is 1. The van der Waals surface area contributed by atoms with Crippen LogP contribution in [0.3, 0.4) is 0 Å². The Morgan fingerprint density at radius 3 is 3.00 bits per heavy atom. The Morgan fingerprint density at radius 1 is 1.24 bits per heavy atom. The number of aromatic nitrogens is 4. The van der Waals surface area contributed by atoms with Gasteiger partial charge in [-0.05, 0) is 56.7 Å². The predicted octanol–water partition coefficient (Wildman–Crippen LogP) is 2.45. The first-order valence-electron chi connectivity index (χ1n) is 10.1. The summed E-state index contributed by atoms with van der Waals surface area (Å²) in [6.07, 6.45) is 6.31. The van der Waals surface area contributed by atoms with Crippen LogP contribution in [0, 0.1) is 11.7 Å². The molecule has 1 aliphatic carbocycles. The van der Waals surface area contributed by atoms with Crippen molar-refractivity contribution in [2.75, 3.05) is 11.4 Å². The van der Waals surface area contributed by atoms with E-state index in [9.17, 15) is 9.18 Å². The van der Waals surface area contributed by atoms with Crippen LogP contribution in [0.25, 0.3) is 5.65 Å². The van der Waals surface area contributed by atoms with Gasteiger partial charge in [-0.1, -0.05) is 0 Å². The maximum atomic E-state index is 14.2. The molecule has 5 heterocycles. The molecule has 1 amide bonds. The van der Waals surface area contributed by atoms with Crippen LogP contribution in [-0.4, -0.2) is 38.1 Å². The zero-order chi connectivity index (χ0) is 19.8. The molecule has 6 rings (SSSR count). The van der Waals surface area contributed by atoms with Gasteiger partial charge in [0.25, 0.3) is 5.91 Å². The molecule has 2 bridgehead atoms. The molecule has 0 aromatic carbocycles. The topological polar surface area (TPSA) is 75.4 Å². The van der Waals surface area contributed by atoms with Crippen molar-refractivity contribution in [3.63, 3.8) is 0 Å². The van der Waals surface area contributed by atoms with Gasteiger partial charge in [-0.2, -0.15) is 0 Å². The van der Waals surface area contributed by atoms with E-state index in [-0.39, 0.29) is 23.3 Å². The number of anilines is 1. The predicted molar refractivity (Wildman–Crippen MR) is 104 cm³/mol. The minimum absolute atomic E-state index is 0.0520. The van der Waals surface area contributed by atoms with E-state index in [0.717, 1.165) is 42.9 Å². The maximum Gasteiger partial charge on any atom is 0.271 e. The summed E-state index contributed by atoms with van der Waals surface area (Å²) >= 11 is 0. The van der Waals surface area contributed by atoms with E-state index in [4.69, 9.17) is 5.10 Å². The third kappa shape index (κ3) is 2.34. The van der Waals surface area contributed by atoms with Gasteiger partial charge in [-0.25, -0.2) is 13.9 Å². The minimum atomic E-state index is -0.304. The van der Waals surface area contributed by atoms with Crippen LogP contribution < -0.4 is 10.2 Å². The lowest BCUT2D eigenvalue weighted by Crippen LogP contribution is -2.35. The van der Waals surface area contributed by atoms with Crippen LogP contribution in [0.1, 0.15) is 47.9 Å². The standard InChI is InChI=1S/C21H21FN6O/c1-12-2-3-16-15(8-14(22)10-23-16)21-9-13(21)6-7-27(21)19-5-4-18-24-11-17(20(29)25-12)28(18)26-19/h4-5,8,10-13H,2-3,6-7,9H2,1H3,(H,25,29)/t12-,13+,21-/m1/s1. The van der Waals surface area contributed by atoms with E-state index in [1.807, 2.05) is 19.1 Å². The van der Waals surface area contributed by atoms with Gasteiger partial charge in [-0.3, -0.25) is 9.78 Å². The molecule has 0 radical (unpaired) electrons. The molecule has 1 N–H and O–H groups in total. The summed E-state index contributed by atoms with van der Waals surface area (Å²) in [5.74, 6) is 0.766. The molecule has 148 valence electrons. The second-order valence-electron chi connectivity index (χ2n) is 8.43. The second kappa shape index (κ2) is 5.75. The summed E-state index contributed by atoms with van der Waals surface area (Å²) in [4.78, 5) is 23.9. The van der Waals surface area contributed by atoms with E-state index in [1.165, 1.54) is 6.20 Å². The number of fused-ring (bicyclic) bond motifs is 3. The van der Waals surface area contributed by atoms with Crippen molar-refractivity contribution in [1.29, 1.82) is 0 Å². The zero-order valence-electron chi connectivity index (χ0n) is 16.1. The number of carbonyl (C=O) groups is 1. The first-order chi connectivity index (χ1) is 14.1. The highest BCUT2D eigenvalue weighted by Crippen LogP contribution is 2.63. The molecule has 1 saturated heterocycles. The Bertz CT molecular complexity index is 1160. The summed E-state index contributed by atoms with van der Waals surface area (Å²) in [6, 6.07) is 5.44. The number of carbonyl (C=O) groups excluding carboxylic acids is 1. The molecule has 3 aromatic heterocycles. The summed E-state index contributed by atoms with van der Waals surface area (Å²) in [5.41, 5.74) is 2.71. The smallest absolute Gasteiger partial charge is 0.271 e. The molecule has 2 fully saturated rings. The number of hydrogen-bond donors (Lipinski definition) is 1. The lowest BCUT2D eigenvalue weighted by molar-refractivity contribution is 0.0931. The third-order valence-electron chi connectivity index (χ3n) is 6.71. The van der Waals surface area contributed by atoms with E-state index < -0.39 is 0 Å². The fraction of sp³-hybridized carbons (Fsp3) is 0.429. The Balaban J connectivity index is 1.57. The summed E-state index contributed by atoms with van der Waals surface area (Å²) < 4.78 is 15.9. The number of hydrogen-bond acceptors (Lipinski definition) is 5. The molecule has 0 unspecified atom stereocenters. The number of aryl methyl sites for hydroxylation is 1. The van der Waals surface area contributed by atoms with Crippen molar-refractivity contribution in [3.05, 3.63) is 53.4 Å². The van der Waals surface area contributed by atoms with Crippen LogP contribution in [0.2, 0.25) is 0 Å². The highest BCUT2D eigenvalue weighted by atomic mass is 19.1. The van der Waals surface area contributed by atoms with Gasteiger partial charge in [0.05, 0.1) is 17.9 Å². The molecule has 1 spiro atoms. The molecule has 8 heteroatoms. The fourth-order valence-corrected chi connectivity index (χ4v) is 5.19. The van der Waals surface area contributed by atoms with Crippen molar-refractivity contribution in [2.45, 2.75) is 44.2 Å². The number of rotatable bonds is 0. The van der Waals surface area contributed by atoms with Gasteiger partial charge in [0.2, 0.25) is 0 Å². The molecular weight excluding hydrogens is 371 g/mol. The lowest BCUT2D eigenvalue weighted by Gasteiger charge is -2.31. The molecule has 3 atom stereocenters. The quantitative estimate of drug-likeness (QED) is 0.636. The molecule has 29 heavy (non-hydrogen) atoms. The van der Waals surface area contributed by atoms with Crippen molar-refractivity contribution in [2.24, 2.45) is 5.92 Å². The van der Waals surface area contributed by atoms with E-state index >= 15 is 0 Å². The van der Waals surface area contributed by atoms with Crippen LogP contribution in [0.5, 0.6) is 0 Å². The lowest BCUT2D eigenvalue weighted by atomic mass is 9.96. The van der Waals surface area contributed by atoms with Crippen LogP contribution in [-0.2, 0) is 12.0 Å². The molecule has 1 saturated carbocycles.